The first kappa shape index (κ1) is 18.5. The lowest BCUT2D eigenvalue weighted by atomic mass is 10.1. The van der Waals surface area contributed by atoms with Crippen LogP contribution in [0.1, 0.15) is 39.1 Å². The highest BCUT2D eigenvalue weighted by atomic mass is 16.2. The monoisotopic (exact) mass is 389 g/mol. The molecule has 29 heavy (non-hydrogen) atoms. The number of aromatic nitrogens is 3. The van der Waals surface area contributed by atoms with Crippen LogP contribution in [-0.4, -0.2) is 43.9 Å². The molecule has 0 fully saturated rings. The van der Waals surface area contributed by atoms with Gasteiger partial charge in [0.25, 0.3) is 11.8 Å². The van der Waals surface area contributed by atoms with Crippen molar-refractivity contribution in [2.45, 2.75) is 19.8 Å². The van der Waals surface area contributed by atoms with E-state index in [9.17, 15) is 14.4 Å². The maximum Gasteiger partial charge on any atom is 0.261 e. The number of carbonyl (C=O) groups excluding carboxylic acids is 3. The smallest absolute Gasteiger partial charge is 0.261 e. The number of carbonyl (C=O) groups is 3. The van der Waals surface area contributed by atoms with Crippen LogP contribution in [0.4, 0.5) is 5.69 Å². The molecule has 1 N–H and O–H groups in total. The van der Waals surface area contributed by atoms with Crippen molar-refractivity contribution in [3.8, 4) is 5.69 Å². The number of hydrogen-bond donors (Lipinski definition) is 1. The van der Waals surface area contributed by atoms with E-state index >= 15 is 0 Å². The van der Waals surface area contributed by atoms with Crippen LogP contribution in [0.15, 0.2) is 55.1 Å². The Hall–Kier alpha value is -3.81. The minimum Gasteiger partial charge on any atom is -0.326 e. The fourth-order valence-electron chi connectivity index (χ4n) is 3.27. The van der Waals surface area contributed by atoms with Gasteiger partial charge in [0.1, 0.15) is 12.7 Å². The molecule has 8 nitrogen and oxygen atoms in total. The highest BCUT2D eigenvalue weighted by molar-refractivity contribution is 6.21. The fraction of sp³-hybridized carbons (Fsp3) is 0.190. The Morgan fingerprint density at radius 2 is 1.79 bits per heavy atom. The summed E-state index contributed by atoms with van der Waals surface area (Å²) in [4.78, 5) is 42.2. The number of nitrogens with zero attached hydrogens (tertiary/aromatic N) is 4. The van der Waals surface area contributed by atoms with Crippen molar-refractivity contribution in [1.29, 1.82) is 0 Å². The number of hydrogen-bond acceptors (Lipinski definition) is 5. The predicted octanol–water partition coefficient (Wildman–Crippen LogP) is 2.59. The second-order valence-corrected chi connectivity index (χ2v) is 6.85. The van der Waals surface area contributed by atoms with Crippen LogP contribution < -0.4 is 5.32 Å². The molecule has 0 saturated heterocycles. The molecule has 0 unspecified atom stereocenters. The Morgan fingerprint density at radius 3 is 2.52 bits per heavy atom. The first-order valence-corrected chi connectivity index (χ1v) is 9.25. The maximum atomic E-state index is 12.4. The molecule has 0 saturated carbocycles. The van der Waals surface area contributed by atoms with Gasteiger partial charge in [-0.25, -0.2) is 9.67 Å². The summed E-state index contributed by atoms with van der Waals surface area (Å²) >= 11 is 0. The third-order valence-electron chi connectivity index (χ3n) is 4.75. The molecule has 0 bridgehead atoms. The number of benzene rings is 2. The maximum absolute atomic E-state index is 12.4. The van der Waals surface area contributed by atoms with Crippen molar-refractivity contribution < 1.29 is 14.4 Å². The van der Waals surface area contributed by atoms with Gasteiger partial charge in [-0.1, -0.05) is 11.6 Å². The van der Waals surface area contributed by atoms with Gasteiger partial charge >= 0.3 is 0 Å². The van der Waals surface area contributed by atoms with Crippen molar-refractivity contribution in [2.75, 3.05) is 11.9 Å². The lowest BCUT2D eigenvalue weighted by Gasteiger charge is -2.13. The zero-order valence-electron chi connectivity index (χ0n) is 15.8. The molecule has 0 radical (unpaired) electrons. The summed E-state index contributed by atoms with van der Waals surface area (Å²) in [6.45, 7) is 2.09. The molecule has 0 aliphatic carbocycles. The van der Waals surface area contributed by atoms with E-state index in [1.165, 1.54) is 11.2 Å². The van der Waals surface area contributed by atoms with Gasteiger partial charge in [-0.15, -0.1) is 0 Å². The summed E-state index contributed by atoms with van der Waals surface area (Å²) in [5.41, 5.74) is 3.29. The largest absolute Gasteiger partial charge is 0.326 e. The Morgan fingerprint density at radius 1 is 1.03 bits per heavy atom. The molecule has 3 aromatic rings. The van der Waals surface area contributed by atoms with E-state index in [0.717, 1.165) is 11.3 Å². The first-order chi connectivity index (χ1) is 14.0. The van der Waals surface area contributed by atoms with Gasteiger partial charge in [0, 0.05) is 18.7 Å². The SMILES string of the molecule is Cc1ccc2c(c1)C(=O)N(CCCC(=O)Nc1ccc(-n3cncn3)cc1)C2=O. The van der Waals surface area contributed by atoms with Crippen molar-refractivity contribution in [1.82, 2.24) is 19.7 Å². The van der Waals surface area contributed by atoms with Crippen molar-refractivity contribution in [3.05, 3.63) is 71.8 Å². The van der Waals surface area contributed by atoms with Gasteiger partial charge in [0.15, 0.2) is 0 Å². The third-order valence-corrected chi connectivity index (χ3v) is 4.75. The molecule has 2 aromatic carbocycles. The van der Waals surface area contributed by atoms with E-state index in [0.29, 0.717) is 23.2 Å². The predicted molar refractivity (Wildman–Crippen MR) is 106 cm³/mol. The molecule has 3 amide bonds. The van der Waals surface area contributed by atoms with Crippen LogP contribution in [0, 0.1) is 6.92 Å². The summed E-state index contributed by atoms with van der Waals surface area (Å²) in [7, 11) is 0. The Labute approximate surface area is 167 Å². The first-order valence-electron chi connectivity index (χ1n) is 9.25. The van der Waals surface area contributed by atoms with E-state index in [1.54, 1.807) is 35.3 Å². The van der Waals surface area contributed by atoms with E-state index in [2.05, 4.69) is 15.4 Å². The van der Waals surface area contributed by atoms with Crippen LogP contribution in [-0.2, 0) is 4.79 Å². The molecule has 1 aromatic heterocycles. The van der Waals surface area contributed by atoms with Crippen molar-refractivity contribution in [3.63, 3.8) is 0 Å². The normalized spacial score (nSPS) is 12.9. The molecular weight excluding hydrogens is 370 g/mol. The quantitative estimate of drug-likeness (QED) is 0.654. The molecule has 0 atom stereocenters. The van der Waals surface area contributed by atoms with E-state index < -0.39 is 0 Å². The molecule has 2 heterocycles. The zero-order valence-corrected chi connectivity index (χ0v) is 15.8. The molecule has 4 rings (SSSR count). The third kappa shape index (κ3) is 3.77. The minimum absolute atomic E-state index is 0.175. The number of imide groups is 1. The number of fused-ring (bicyclic) bond motifs is 1. The highest BCUT2D eigenvalue weighted by Crippen LogP contribution is 2.24. The summed E-state index contributed by atoms with van der Waals surface area (Å²) in [5, 5.41) is 6.86. The average Bonchev–Trinajstić information content (AvgIpc) is 3.32. The summed E-state index contributed by atoms with van der Waals surface area (Å²) < 4.78 is 1.62. The van der Waals surface area contributed by atoms with Gasteiger partial charge in [-0.05, 0) is 49.7 Å². The lowest BCUT2D eigenvalue weighted by molar-refractivity contribution is -0.116. The fourth-order valence-corrected chi connectivity index (χ4v) is 3.27. The standard InChI is InChI=1S/C21H19N5O3/c1-14-4-9-17-18(11-14)21(29)25(20(17)28)10-2-3-19(27)24-15-5-7-16(8-6-15)26-13-22-12-23-26/h4-9,11-13H,2-3,10H2,1H3,(H,24,27). The molecule has 1 aliphatic heterocycles. The van der Waals surface area contributed by atoms with Gasteiger partial charge in [-0.3, -0.25) is 19.3 Å². The summed E-state index contributed by atoms with van der Waals surface area (Å²) in [5.74, 6) is -0.766. The van der Waals surface area contributed by atoms with Crippen LogP contribution in [0.3, 0.4) is 0 Å². The number of amides is 3. The Balaban J connectivity index is 1.29. The Kier molecular flexibility index (Phi) is 4.90. The lowest BCUT2D eigenvalue weighted by Crippen LogP contribution is -2.31. The van der Waals surface area contributed by atoms with Crippen LogP contribution >= 0.6 is 0 Å². The molecule has 8 heteroatoms. The summed E-state index contributed by atoms with van der Waals surface area (Å²) in [6, 6.07) is 12.4. The Bertz CT molecular complexity index is 1070. The minimum atomic E-state index is -0.297. The van der Waals surface area contributed by atoms with Gasteiger partial charge in [-0.2, -0.15) is 5.10 Å². The van der Waals surface area contributed by atoms with Gasteiger partial charge in [0.05, 0.1) is 16.8 Å². The second kappa shape index (κ2) is 7.67. The van der Waals surface area contributed by atoms with Crippen LogP contribution in [0.25, 0.3) is 5.69 Å². The number of aryl methyl sites for hydroxylation is 1. The topological polar surface area (TPSA) is 97.2 Å². The molecule has 1 aliphatic rings. The second-order valence-electron chi connectivity index (χ2n) is 6.85. The molecule has 0 spiro atoms. The molecular formula is C21H19N5O3. The highest BCUT2D eigenvalue weighted by Gasteiger charge is 2.34. The van der Waals surface area contributed by atoms with Crippen molar-refractivity contribution in [2.24, 2.45) is 0 Å². The van der Waals surface area contributed by atoms with E-state index in [4.69, 9.17) is 0 Å². The van der Waals surface area contributed by atoms with E-state index in [-0.39, 0.29) is 30.7 Å². The summed E-state index contributed by atoms with van der Waals surface area (Å²) in [6.07, 6.45) is 3.64. The van der Waals surface area contributed by atoms with Gasteiger partial charge < -0.3 is 5.32 Å². The average molecular weight is 389 g/mol. The van der Waals surface area contributed by atoms with Crippen LogP contribution in [0.2, 0.25) is 0 Å². The van der Waals surface area contributed by atoms with Crippen molar-refractivity contribution >= 4 is 23.4 Å². The van der Waals surface area contributed by atoms with Crippen LogP contribution in [0.5, 0.6) is 0 Å². The molecule has 146 valence electrons. The number of rotatable bonds is 6. The van der Waals surface area contributed by atoms with Gasteiger partial charge in [0.2, 0.25) is 5.91 Å². The zero-order chi connectivity index (χ0) is 20.4. The number of anilines is 1. The number of nitrogens with one attached hydrogen (secondary N) is 1. The van der Waals surface area contributed by atoms with E-state index in [1.807, 2.05) is 25.1 Å².